The van der Waals surface area contributed by atoms with Crippen LogP contribution in [0.1, 0.15) is 77.6 Å². The summed E-state index contributed by atoms with van der Waals surface area (Å²) in [6.07, 6.45) is 10.1. The van der Waals surface area contributed by atoms with Crippen LogP contribution in [0.15, 0.2) is 0 Å². The monoisotopic (exact) mass is 295 g/mol. The molecule has 0 bridgehead atoms. The van der Waals surface area contributed by atoms with Crippen LogP contribution in [0.4, 0.5) is 0 Å². The van der Waals surface area contributed by atoms with Crippen molar-refractivity contribution in [3.05, 3.63) is 0 Å². The molecule has 2 rings (SSSR count). The van der Waals surface area contributed by atoms with Gasteiger partial charge in [0.1, 0.15) is 0 Å². The summed E-state index contributed by atoms with van der Waals surface area (Å²) in [6.45, 7) is 2.23. The Bertz CT molecular complexity index is 366. The van der Waals surface area contributed by atoms with Crippen LogP contribution in [0.5, 0.6) is 0 Å². The molecule has 0 aromatic heterocycles. The van der Waals surface area contributed by atoms with Gasteiger partial charge in [0.2, 0.25) is 5.91 Å². The summed E-state index contributed by atoms with van der Waals surface area (Å²) in [6, 6.07) is 0.259. The number of amides is 1. The quantitative estimate of drug-likeness (QED) is 0.816. The number of hydrogen-bond donors (Lipinski definition) is 2. The van der Waals surface area contributed by atoms with Gasteiger partial charge in [-0.1, -0.05) is 32.6 Å². The molecule has 0 heterocycles. The Morgan fingerprint density at radius 1 is 1.10 bits per heavy atom. The summed E-state index contributed by atoms with van der Waals surface area (Å²) in [4.78, 5) is 23.9. The summed E-state index contributed by atoms with van der Waals surface area (Å²) in [5.74, 6) is -0.0341. The maximum atomic E-state index is 12.3. The number of carboxylic acid groups (broad SMARTS) is 1. The summed E-state index contributed by atoms with van der Waals surface area (Å²) in [7, 11) is 0. The van der Waals surface area contributed by atoms with Crippen molar-refractivity contribution < 1.29 is 14.7 Å². The lowest BCUT2D eigenvalue weighted by Gasteiger charge is -2.34. The van der Waals surface area contributed by atoms with Gasteiger partial charge in [-0.2, -0.15) is 0 Å². The normalized spacial score (nSPS) is 28.8. The van der Waals surface area contributed by atoms with E-state index >= 15 is 0 Å². The predicted octanol–water partition coefficient (Wildman–Crippen LogP) is 3.50. The highest BCUT2D eigenvalue weighted by Crippen LogP contribution is 2.39. The molecule has 0 saturated heterocycles. The van der Waals surface area contributed by atoms with Gasteiger partial charge in [0.25, 0.3) is 0 Å². The molecule has 0 radical (unpaired) electrons. The van der Waals surface area contributed by atoms with Gasteiger partial charge in [0.15, 0.2) is 0 Å². The van der Waals surface area contributed by atoms with Crippen LogP contribution >= 0.6 is 0 Å². The standard InChI is InChI=1S/C17H29NO3/c1-2-13-6-8-14(9-7-13)18-15(19)12-17(16(20)21)10-4-3-5-11-17/h13-14H,2-12H2,1H3,(H,18,19)(H,20,21). The lowest BCUT2D eigenvalue weighted by atomic mass is 9.71. The molecule has 2 fully saturated rings. The van der Waals surface area contributed by atoms with E-state index in [9.17, 15) is 14.7 Å². The van der Waals surface area contributed by atoms with Crippen molar-refractivity contribution in [3.8, 4) is 0 Å². The minimum absolute atomic E-state index is 0.0563. The second kappa shape index (κ2) is 7.28. The van der Waals surface area contributed by atoms with E-state index in [1.54, 1.807) is 0 Å². The van der Waals surface area contributed by atoms with Crippen molar-refractivity contribution in [3.63, 3.8) is 0 Å². The number of nitrogens with one attached hydrogen (secondary N) is 1. The third kappa shape index (κ3) is 4.21. The average Bonchev–Trinajstić information content (AvgIpc) is 2.48. The van der Waals surface area contributed by atoms with Crippen LogP contribution in [-0.2, 0) is 9.59 Å². The average molecular weight is 295 g/mol. The first-order valence-corrected chi connectivity index (χ1v) is 8.58. The van der Waals surface area contributed by atoms with Crippen molar-refractivity contribution in [2.45, 2.75) is 83.6 Å². The van der Waals surface area contributed by atoms with Gasteiger partial charge < -0.3 is 10.4 Å². The van der Waals surface area contributed by atoms with Gasteiger partial charge in [0.05, 0.1) is 5.41 Å². The molecule has 0 spiro atoms. The molecule has 2 aliphatic rings. The fraction of sp³-hybridized carbons (Fsp3) is 0.882. The van der Waals surface area contributed by atoms with Crippen molar-refractivity contribution in [1.82, 2.24) is 5.32 Å². The summed E-state index contributed by atoms with van der Waals surface area (Å²) < 4.78 is 0. The minimum Gasteiger partial charge on any atom is -0.481 e. The zero-order valence-electron chi connectivity index (χ0n) is 13.2. The Balaban J connectivity index is 1.84. The Morgan fingerprint density at radius 3 is 2.24 bits per heavy atom. The number of hydrogen-bond acceptors (Lipinski definition) is 2. The predicted molar refractivity (Wildman–Crippen MR) is 82.0 cm³/mol. The maximum Gasteiger partial charge on any atom is 0.310 e. The maximum absolute atomic E-state index is 12.3. The van der Waals surface area contributed by atoms with Gasteiger partial charge in [0, 0.05) is 12.5 Å². The lowest BCUT2D eigenvalue weighted by molar-refractivity contribution is -0.154. The van der Waals surface area contributed by atoms with Crippen LogP contribution in [0.3, 0.4) is 0 Å². The van der Waals surface area contributed by atoms with Gasteiger partial charge in [-0.15, -0.1) is 0 Å². The molecule has 0 aromatic carbocycles. The first kappa shape index (κ1) is 16.3. The van der Waals surface area contributed by atoms with E-state index in [0.717, 1.165) is 38.0 Å². The molecule has 2 saturated carbocycles. The van der Waals surface area contributed by atoms with Crippen LogP contribution in [0.25, 0.3) is 0 Å². The van der Waals surface area contributed by atoms with Gasteiger partial charge >= 0.3 is 5.97 Å². The number of carboxylic acids is 1. The number of carbonyl (C=O) groups is 2. The topological polar surface area (TPSA) is 66.4 Å². The van der Waals surface area contributed by atoms with E-state index in [-0.39, 0.29) is 18.4 Å². The van der Waals surface area contributed by atoms with E-state index in [1.165, 1.54) is 19.3 Å². The summed E-state index contributed by atoms with van der Waals surface area (Å²) in [5.41, 5.74) is -0.803. The van der Waals surface area contributed by atoms with Crippen LogP contribution < -0.4 is 5.32 Å². The lowest BCUT2D eigenvalue weighted by Crippen LogP contribution is -2.43. The van der Waals surface area contributed by atoms with E-state index in [2.05, 4.69) is 12.2 Å². The van der Waals surface area contributed by atoms with Gasteiger partial charge in [-0.3, -0.25) is 9.59 Å². The Morgan fingerprint density at radius 2 is 1.71 bits per heavy atom. The number of rotatable bonds is 5. The third-order valence-electron chi connectivity index (χ3n) is 5.55. The Labute approximate surface area is 127 Å². The van der Waals surface area contributed by atoms with Crippen LogP contribution in [0.2, 0.25) is 0 Å². The van der Waals surface area contributed by atoms with Crippen molar-refractivity contribution in [2.24, 2.45) is 11.3 Å². The molecule has 4 nitrogen and oxygen atoms in total. The fourth-order valence-electron chi connectivity index (χ4n) is 4.00. The van der Waals surface area contributed by atoms with Crippen molar-refractivity contribution in [1.29, 1.82) is 0 Å². The largest absolute Gasteiger partial charge is 0.481 e. The number of carbonyl (C=O) groups excluding carboxylic acids is 1. The van der Waals surface area contributed by atoms with Crippen molar-refractivity contribution in [2.75, 3.05) is 0 Å². The van der Waals surface area contributed by atoms with E-state index in [1.807, 2.05) is 0 Å². The minimum atomic E-state index is -0.803. The Kier molecular flexibility index (Phi) is 5.65. The molecule has 1 amide bonds. The highest BCUT2D eigenvalue weighted by Gasteiger charge is 2.41. The zero-order valence-corrected chi connectivity index (χ0v) is 13.2. The number of aliphatic carboxylic acids is 1. The van der Waals surface area contributed by atoms with E-state index in [0.29, 0.717) is 12.8 Å². The fourth-order valence-corrected chi connectivity index (χ4v) is 4.00. The molecule has 2 aliphatic carbocycles. The Hall–Kier alpha value is -1.06. The van der Waals surface area contributed by atoms with Crippen LogP contribution in [0, 0.1) is 11.3 Å². The highest BCUT2D eigenvalue weighted by molar-refractivity contribution is 5.85. The summed E-state index contributed by atoms with van der Waals surface area (Å²) >= 11 is 0. The van der Waals surface area contributed by atoms with Gasteiger partial charge in [-0.25, -0.2) is 0 Å². The smallest absolute Gasteiger partial charge is 0.310 e. The molecule has 0 aromatic rings. The van der Waals surface area contributed by atoms with Crippen molar-refractivity contribution >= 4 is 11.9 Å². The molecule has 2 N–H and O–H groups in total. The molecule has 4 heteroatoms. The first-order chi connectivity index (χ1) is 10.1. The molecule has 0 atom stereocenters. The van der Waals surface area contributed by atoms with E-state index in [4.69, 9.17) is 0 Å². The SMILES string of the molecule is CCC1CCC(NC(=O)CC2(C(=O)O)CCCCC2)CC1. The van der Waals surface area contributed by atoms with E-state index < -0.39 is 11.4 Å². The van der Waals surface area contributed by atoms with Crippen LogP contribution in [-0.4, -0.2) is 23.0 Å². The molecule has 0 aliphatic heterocycles. The molecule has 120 valence electrons. The third-order valence-corrected chi connectivity index (χ3v) is 5.55. The molecule has 21 heavy (non-hydrogen) atoms. The summed E-state index contributed by atoms with van der Waals surface area (Å²) in [5, 5.41) is 12.6. The van der Waals surface area contributed by atoms with Gasteiger partial charge in [-0.05, 0) is 44.4 Å². The highest BCUT2D eigenvalue weighted by atomic mass is 16.4. The first-order valence-electron chi connectivity index (χ1n) is 8.58. The second-order valence-electron chi connectivity index (χ2n) is 7.02. The molecular weight excluding hydrogens is 266 g/mol. The molecule has 0 unspecified atom stereocenters. The zero-order chi connectivity index (χ0) is 15.3. The molecular formula is C17H29NO3. The second-order valence-corrected chi connectivity index (χ2v) is 7.02.